The highest BCUT2D eigenvalue weighted by Crippen LogP contribution is 2.16. The third kappa shape index (κ3) is 7.22. The lowest BCUT2D eigenvalue weighted by molar-refractivity contribution is -0.119. The molecule has 1 amide bonds. The number of morpholine rings is 1. The summed E-state index contributed by atoms with van der Waals surface area (Å²) in [7, 11) is -3.57. The molecular formula is C21H25BrN2O4S. The SMILES string of the molecule is O=C(CS(=O)(=O)Cc1ccc(Br)cc1)NC(CN1CCOCC1)c1ccccc1. The molecule has 6 nitrogen and oxygen atoms in total. The zero-order valence-corrected chi connectivity index (χ0v) is 18.5. The van der Waals surface area contributed by atoms with E-state index < -0.39 is 21.5 Å². The zero-order chi connectivity index (χ0) is 20.7. The molecule has 1 unspecified atom stereocenters. The fourth-order valence-electron chi connectivity index (χ4n) is 3.28. The number of benzene rings is 2. The van der Waals surface area contributed by atoms with Gasteiger partial charge in [0.15, 0.2) is 9.84 Å². The summed E-state index contributed by atoms with van der Waals surface area (Å²) >= 11 is 3.33. The lowest BCUT2D eigenvalue weighted by Gasteiger charge is -2.31. The van der Waals surface area contributed by atoms with Gasteiger partial charge in [-0.15, -0.1) is 0 Å². The lowest BCUT2D eigenvalue weighted by atomic mass is 10.1. The molecule has 1 heterocycles. The maximum absolute atomic E-state index is 12.6. The highest BCUT2D eigenvalue weighted by Gasteiger charge is 2.23. The Morgan fingerprint density at radius 1 is 1.07 bits per heavy atom. The molecule has 0 aromatic heterocycles. The second-order valence-corrected chi connectivity index (χ2v) is 10.1. The van der Waals surface area contributed by atoms with E-state index in [-0.39, 0.29) is 11.8 Å². The summed E-state index contributed by atoms with van der Waals surface area (Å²) in [5, 5.41) is 2.92. The number of rotatable bonds is 8. The summed E-state index contributed by atoms with van der Waals surface area (Å²) in [6.45, 7) is 3.53. The molecule has 2 aromatic rings. The van der Waals surface area contributed by atoms with Crippen LogP contribution in [0.4, 0.5) is 0 Å². The van der Waals surface area contributed by atoms with E-state index >= 15 is 0 Å². The highest BCUT2D eigenvalue weighted by atomic mass is 79.9. The van der Waals surface area contributed by atoms with Gasteiger partial charge in [-0.25, -0.2) is 8.42 Å². The number of ether oxygens (including phenoxy) is 1. The standard InChI is InChI=1S/C21H25BrN2O4S/c22-19-8-6-17(7-9-19)15-29(26,27)16-21(25)23-20(18-4-2-1-3-5-18)14-24-10-12-28-13-11-24/h1-9,20H,10-16H2,(H,23,25). The summed E-state index contributed by atoms with van der Waals surface area (Å²) in [5.41, 5.74) is 1.62. The third-order valence-corrected chi connectivity index (χ3v) is 6.74. The predicted molar refractivity (Wildman–Crippen MR) is 116 cm³/mol. The molecular weight excluding hydrogens is 456 g/mol. The van der Waals surface area contributed by atoms with Gasteiger partial charge in [0.25, 0.3) is 0 Å². The monoisotopic (exact) mass is 480 g/mol. The second kappa shape index (κ2) is 10.3. The third-order valence-electron chi connectivity index (χ3n) is 4.73. The number of nitrogens with one attached hydrogen (secondary N) is 1. The van der Waals surface area contributed by atoms with Crippen LogP contribution >= 0.6 is 15.9 Å². The zero-order valence-electron chi connectivity index (χ0n) is 16.1. The molecule has 29 heavy (non-hydrogen) atoms. The molecule has 156 valence electrons. The molecule has 1 fully saturated rings. The Labute approximate surface area is 180 Å². The molecule has 1 aliphatic rings. The number of hydrogen-bond donors (Lipinski definition) is 1. The molecule has 0 spiro atoms. The maximum atomic E-state index is 12.6. The number of carbonyl (C=O) groups excluding carboxylic acids is 1. The Morgan fingerprint density at radius 3 is 2.38 bits per heavy atom. The van der Waals surface area contributed by atoms with Crippen molar-refractivity contribution in [3.8, 4) is 0 Å². The van der Waals surface area contributed by atoms with E-state index in [1.807, 2.05) is 30.3 Å². The summed E-state index contributed by atoms with van der Waals surface area (Å²) < 4.78 is 31.3. The number of carbonyl (C=O) groups is 1. The van der Waals surface area contributed by atoms with Gasteiger partial charge in [-0.2, -0.15) is 0 Å². The quantitative estimate of drug-likeness (QED) is 0.628. The first-order chi connectivity index (χ1) is 13.9. The number of nitrogens with zero attached hydrogens (tertiary/aromatic N) is 1. The van der Waals surface area contributed by atoms with Crippen molar-refractivity contribution in [1.29, 1.82) is 0 Å². The van der Waals surface area contributed by atoms with Crippen LogP contribution in [0.25, 0.3) is 0 Å². The van der Waals surface area contributed by atoms with Gasteiger partial charge in [-0.05, 0) is 23.3 Å². The first kappa shape index (κ1) is 22.0. The molecule has 3 rings (SSSR count). The summed E-state index contributed by atoms with van der Waals surface area (Å²) in [6, 6.07) is 16.4. The Hall–Kier alpha value is -1.74. The van der Waals surface area contributed by atoms with Gasteiger partial charge in [0.1, 0.15) is 5.75 Å². The van der Waals surface area contributed by atoms with E-state index in [1.165, 1.54) is 0 Å². The number of hydrogen-bond acceptors (Lipinski definition) is 5. The second-order valence-electron chi connectivity index (χ2n) is 7.10. The van der Waals surface area contributed by atoms with Crippen LogP contribution in [0.1, 0.15) is 17.2 Å². The van der Waals surface area contributed by atoms with Gasteiger partial charge >= 0.3 is 0 Å². The molecule has 1 saturated heterocycles. The molecule has 8 heteroatoms. The van der Waals surface area contributed by atoms with Gasteiger partial charge in [0.05, 0.1) is 25.0 Å². The average molecular weight is 481 g/mol. The van der Waals surface area contributed by atoms with Crippen molar-refractivity contribution in [1.82, 2.24) is 10.2 Å². The van der Waals surface area contributed by atoms with Gasteiger partial charge in [0.2, 0.25) is 5.91 Å². The van der Waals surface area contributed by atoms with Crippen LogP contribution < -0.4 is 5.32 Å². The largest absolute Gasteiger partial charge is 0.379 e. The molecule has 0 saturated carbocycles. The molecule has 1 atom stereocenters. The van der Waals surface area contributed by atoms with Gasteiger partial charge in [-0.1, -0.05) is 58.4 Å². The first-order valence-electron chi connectivity index (χ1n) is 9.50. The Bertz CT molecular complexity index is 898. The Balaban J connectivity index is 1.64. The van der Waals surface area contributed by atoms with E-state index in [4.69, 9.17) is 4.74 Å². The topological polar surface area (TPSA) is 75.7 Å². The fraction of sp³-hybridized carbons (Fsp3) is 0.381. The highest BCUT2D eigenvalue weighted by molar-refractivity contribution is 9.10. The van der Waals surface area contributed by atoms with Crippen molar-refractivity contribution < 1.29 is 17.9 Å². The number of sulfone groups is 1. The molecule has 2 aromatic carbocycles. The van der Waals surface area contributed by atoms with Crippen molar-refractivity contribution in [2.45, 2.75) is 11.8 Å². The van der Waals surface area contributed by atoms with E-state index in [0.717, 1.165) is 23.1 Å². The fourth-order valence-corrected chi connectivity index (χ4v) is 4.83. The lowest BCUT2D eigenvalue weighted by Crippen LogP contribution is -2.44. The van der Waals surface area contributed by atoms with Crippen LogP contribution in [-0.2, 0) is 25.1 Å². The molecule has 1 N–H and O–H groups in total. The average Bonchev–Trinajstić information content (AvgIpc) is 2.70. The van der Waals surface area contributed by atoms with E-state index in [0.29, 0.717) is 25.3 Å². The number of halogens is 1. The van der Waals surface area contributed by atoms with E-state index in [2.05, 4.69) is 26.1 Å². The molecule has 0 radical (unpaired) electrons. The van der Waals surface area contributed by atoms with Gasteiger partial charge in [0, 0.05) is 24.1 Å². The summed E-state index contributed by atoms with van der Waals surface area (Å²) in [5.74, 6) is -1.17. The Morgan fingerprint density at radius 2 is 1.72 bits per heavy atom. The molecule has 0 aliphatic carbocycles. The molecule has 0 bridgehead atoms. The normalized spacial score (nSPS) is 16.3. The van der Waals surface area contributed by atoms with E-state index in [1.54, 1.807) is 24.3 Å². The first-order valence-corrected chi connectivity index (χ1v) is 12.1. The van der Waals surface area contributed by atoms with Crippen molar-refractivity contribution in [2.24, 2.45) is 0 Å². The van der Waals surface area contributed by atoms with Crippen molar-refractivity contribution in [3.63, 3.8) is 0 Å². The predicted octanol–water partition coefficient (Wildman–Crippen LogP) is 2.55. The Kier molecular flexibility index (Phi) is 7.83. The summed E-state index contributed by atoms with van der Waals surface area (Å²) in [4.78, 5) is 14.8. The van der Waals surface area contributed by atoms with Crippen molar-refractivity contribution in [2.75, 3.05) is 38.6 Å². The van der Waals surface area contributed by atoms with Crippen LogP contribution in [0, 0.1) is 0 Å². The van der Waals surface area contributed by atoms with E-state index in [9.17, 15) is 13.2 Å². The minimum Gasteiger partial charge on any atom is -0.379 e. The van der Waals surface area contributed by atoms with Crippen LogP contribution in [0.15, 0.2) is 59.1 Å². The minimum atomic E-state index is -3.57. The van der Waals surface area contributed by atoms with Crippen LogP contribution in [0.3, 0.4) is 0 Å². The van der Waals surface area contributed by atoms with Crippen LogP contribution in [0.2, 0.25) is 0 Å². The van der Waals surface area contributed by atoms with Crippen LogP contribution in [0.5, 0.6) is 0 Å². The smallest absolute Gasteiger partial charge is 0.235 e. The van der Waals surface area contributed by atoms with Crippen molar-refractivity contribution in [3.05, 3.63) is 70.2 Å². The minimum absolute atomic E-state index is 0.160. The summed E-state index contributed by atoms with van der Waals surface area (Å²) in [6.07, 6.45) is 0. The van der Waals surface area contributed by atoms with Gasteiger partial charge in [-0.3, -0.25) is 9.69 Å². The molecule has 1 aliphatic heterocycles. The van der Waals surface area contributed by atoms with Gasteiger partial charge < -0.3 is 10.1 Å². The van der Waals surface area contributed by atoms with Crippen molar-refractivity contribution >= 4 is 31.7 Å². The number of amides is 1. The van der Waals surface area contributed by atoms with Crippen LogP contribution in [-0.4, -0.2) is 57.8 Å². The maximum Gasteiger partial charge on any atom is 0.235 e.